The molecule has 0 saturated carbocycles. The Hall–Kier alpha value is -1.40. The smallest absolute Gasteiger partial charge is 0.229 e. The van der Waals surface area contributed by atoms with Crippen molar-refractivity contribution in [1.29, 1.82) is 0 Å². The number of halogens is 1. The second-order valence-corrected chi connectivity index (χ2v) is 5.49. The minimum atomic E-state index is 0.176. The molecule has 0 amide bonds. The normalized spacial score (nSPS) is 10.4. The van der Waals surface area contributed by atoms with E-state index in [0.29, 0.717) is 18.4 Å². The van der Waals surface area contributed by atoms with Gasteiger partial charge in [0.1, 0.15) is 0 Å². The first-order valence-electron chi connectivity index (χ1n) is 5.47. The monoisotopic (exact) mass is 283 g/mol. The number of rotatable bonds is 4. The van der Waals surface area contributed by atoms with E-state index < -0.39 is 0 Å². The van der Waals surface area contributed by atoms with Crippen molar-refractivity contribution in [3.8, 4) is 0 Å². The van der Waals surface area contributed by atoms with E-state index in [2.05, 4.69) is 45.5 Å². The van der Waals surface area contributed by atoms with Crippen LogP contribution in [-0.2, 0) is 6.54 Å². The van der Waals surface area contributed by atoms with Crippen molar-refractivity contribution in [2.45, 2.75) is 20.4 Å². The summed E-state index contributed by atoms with van der Waals surface area (Å²) in [5.41, 5.74) is 1.31. The molecular weight excluding hydrogens is 270 g/mol. The topological polar surface area (TPSA) is 62.7 Å². The van der Waals surface area contributed by atoms with Crippen molar-refractivity contribution in [3.63, 3.8) is 0 Å². The number of nitrogens with zero attached hydrogens (tertiary/aromatic N) is 3. The zero-order chi connectivity index (χ0) is 13.1. The first kappa shape index (κ1) is 13.0. The highest BCUT2D eigenvalue weighted by atomic mass is 35.5. The van der Waals surface area contributed by atoms with E-state index in [1.807, 2.05) is 0 Å². The van der Waals surface area contributed by atoms with Crippen LogP contribution in [0.2, 0.25) is 5.28 Å². The third-order valence-corrected chi connectivity index (χ3v) is 3.79. The molecule has 2 rings (SSSR count). The van der Waals surface area contributed by atoms with Crippen LogP contribution in [0.3, 0.4) is 0 Å². The molecule has 0 bridgehead atoms. The van der Waals surface area contributed by atoms with E-state index in [9.17, 15) is 0 Å². The van der Waals surface area contributed by atoms with Crippen LogP contribution < -0.4 is 10.6 Å². The van der Waals surface area contributed by atoms with Gasteiger partial charge in [-0.05, 0) is 37.1 Å². The SMILES string of the molecule is CNc1nc(Cl)nc(NCc2cc(C)c(C)s2)n1. The number of aromatic nitrogens is 3. The molecule has 0 unspecified atom stereocenters. The van der Waals surface area contributed by atoms with Gasteiger partial charge >= 0.3 is 0 Å². The van der Waals surface area contributed by atoms with E-state index in [-0.39, 0.29) is 5.28 Å². The average molecular weight is 284 g/mol. The molecule has 0 aliphatic heterocycles. The molecule has 18 heavy (non-hydrogen) atoms. The van der Waals surface area contributed by atoms with Crippen molar-refractivity contribution >= 4 is 34.8 Å². The van der Waals surface area contributed by atoms with Crippen molar-refractivity contribution in [3.05, 3.63) is 26.7 Å². The molecule has 2 heterocycles. The molecule has 2 N–H and O–H groups in total. The van der Waals surface area contributed by atoms with E-state index in [1.54, 1.807) is 18.4 Å². The fourth-order valence-electron chi connectivity index (χ4n) is 1.44. The third kappa shape index (κ3) is 3.08. The molecule has 2 aromatic heterocycles. The first-order valence-corrected chi connectivity index (χ1v) is 6.67. The molecule has 0 aromatic carbocycles. The van der Waals surface area contributed by atoms with Crippen LogP contribution in [0.25, 0.3) is 0 Å². The maximum atomic E-state index is 5.80. The molecule has 0 aliphatic rings. The Morgan fingerprint density at radius 3 is 2.56 bits per heavy atom. The summed E-state index contributed by atoms with van der Waals surface area (Å²) in [6, 6.07) is 2.16. The molecule has 7 heteroatoms. The predicted octanol–water partition coefficient (Wildman–Crippen LogP) is 2.86. The fraction of sp³-hybridized carbons (Fsp3) is 0.364. The van der Waals surface area contributed by atoms with Gasteiger partial charge in [0.2, 0.25) is 17.2 Å². The molecule has 5 nitrogen and oxygen atoms in total. The van der Waals surface area contributed by atoms with E-state index in [4.69, 9.17) is 11.6 Å². The zero-order valence-electron chi connectivity index (χ0n) is 10.4. The van der Waals surface area contributed by atoms with Crippen LogP contribution in [0.4, 0.5) is 11.9 Å². The van der Waals surface area contributed by atoms with E-state index in [0.717, 1.165) is 0 Å². The van der Waals surface area contributed by atoms with Gasteiger partial charge in [-0.25, -0.2) is 0 Å². The summed E-state index contributed by atoms with van der Waals surface area (Å²) in [4.78, 5) is 14.7. The summed E-state index contributed by atoms with van der Waals surface area (Å²) in [7, 11) is 1.74. The lowest BCUT2D eigenvalue weighted by Crippen LogP contribution is -2.06. The second kappa shape index (κ2) is 5.49. The van der Waals surface area contributed by atoms with Gasteiger partial charge in [0.05, 0.1) is 6.54 Å². The Labute approximate surface area is 115 Å². The van der Waals surface area contributed by atoms with Crippen LogP contribution in [0.1, 0.15) is 15.3 Å². The number of nitrogens with one attached hydrogen (secondary N) is 2. The van der Waals surface area contributed by atoms with Gasteiger partial charge in [-0.15, -0.1) is 11.3 Å². The lowest BCUT2D eigenvalue weighted by atomic mass is 10.3. The predicted molar refractivity (Wildman–Crippen MR) is 75.5 cm³/mol. The van der Waals surface area contributed by atoms with Gasteiger partial charge in [-0.2, -0.15) is 15.0 Å². The lowest BCUT2D eigenvalue weighted by Gasteiger charge is -2.05. The first-order chi connectivity index (χ1) is 8.58. The standard InChI is InChI=1S/C11H14ClN5S/c1-6-4-8(18-7(6)2)5-14-11-16-9(12)15-10(13-3)17-11/h4H,5H2,1-3H3,(H2,13,14,15,16,17). The van der Waals surface area contributed by atoms with Gasteiger partial charge in [0.25, 0.3) is 0 Å². The quantitative estimate of drug-likeness (QED) is 0.903. The third-order valence-electron chi connectivity index (χ3n) is 2.47. The minimum absolute atomic E-state index is 0.176. The van der Waals surface area contributed by atoms with Crippen LogP contribution in [-0.4, -0.2) is 22.0 Å². The molecule has 0 fully saturated rings. The highest BCUT2D eigenvalue weighted by Gasteiger charge is 2.05. The maximum absolute atomic E-state index is 5.80. The van der Waals surface area contributed by atoms with Gasteiger partial charge in [-0.1, -0.05) is 0 Å². The Morgan fingerprint density at radius 1 is 1.22 bits per heavy atom. The van der Waals surface area contributed by atoms with Crippen LogP contribution >= 0.6 is 22.9 Å². The average Bonchev–Trinajstić information content (AvgIpc) is 2.65. The van der Waals surface area contributed by atoms with Gasteiger partial charge in [0, 0.05) is 16.8 Å². The Bertz CT molecular complexity index is 535. The molecule has 0 radical (unpaired) electrons. The van der Waals surface area contributed by atoms with Gasteiger partial charge in [-0.3, -0.25) is 0 Å². The molecule has 0 spiro atoms. The summed E-state index contributed by atoms with van der Waals surface area (Å²) in [6.07, 6.45) is 0. The number of hydrogen-bond donors (Lipinski definition) is 2. The van der Waals surface area contributed by atoms with Crippen molar-refractivity contribution < 1.29 is 0 Å². The van der Waals surface area contributed by atoms with Crippen LogP contribution in [0.15, 0.2) is 6.07 Å². The van der Waals surface area contributed by atoms with Gasteiger partial charge in [0.15, 0.2) is 0 Å². The Balaban J connectivity index is 2.07. The van der Waals surface area contributed by atoms with Gasteiger partial charge < -0.3 is 10.6 Å². The highest BCUT2D eigenvalue weighted by molar-refractivity contribution is 7.12. The summed E-state index contributed by atoms with van der Waals surface area (Å²) >= 11 is 7.57. The van der Waals surface area contributed by atoms with E-state index in [1.165, 1.54) is 15.3 Å². The molecular formula is C11H14ClN5S. The summed E-state index contributed by atoms with van der Waals surface area (Å²) in [5, 5.41) is 6.15. The van der Waals surface area contributed by atoms with Crippen molar-refractivity contribution in [1.82, 2.24) is 15.0 Å². The molecule has 0 saturated heterocycles. The Morgan fingerprint density at radius 2 is 1.94 bits per heavy atom. The Kier molecular flexibility index (Phi) is 3.98. The second-order valence-electron chi connectivity index (χ2n) is 3.81. The van der Waals surface area contributed by atoms with Crippen molar-refractivity contribution in [2.75, 3.05) is 17.7 Å². The molecule has 0 aliphatic carbocycles. The number of thiophene rings is 1. The lowest BCUT2D eigenvalue weighted by molar-refractivity contribution is 1.01. The molecule has 0 atom stereocenters. The summed E-state index contributed by atoms with van der Waals surface area (Å²) < 4.78 is 0. The van der Waals surface area contributed by atoms with E-state index >= 15 is 0 Å². The van der Waals surface area contributed by atoms with Crippen LogP contribution in [0.5, 0.6) is 0 Å². The largest absolute Gasteiger partial charge is 0.357 e. The fourth-order valence-corrected chi connectivity index (χ4v) is 2.60. The zero-order valence-corrected chi connectivity index (χ0v) is 12.0. The summed E-state index contributed by atoms with van der Waals surface area (Å²) in [6.45, 7) is 4.90. The van der Waals surface area contributed by atoms with Crippen LogP contribution in [0, 0.1) is 13.8 Å². The highest BCUT2D eigenvalue weighted by Crippen LogP contribution is 2.21. The molecule has 2 aromatic rings. The van der Waals surface area contributed by atoms with Crippen molar-refractivity contribution in [2.24, 2.45) is 0 Å². The molecule has 96 valence electrons. The number of hydrogen-bond acceptors (Lipinski definition) is 6. The number of anilines is 2. The number of aryl methyl sites for hydroxylation is 2. The summed E-state index contributed by atoms with van der Waals surface area (Å²) in [5.74, 6) is 0.930. The minimum Gasteiger partial charge on any atom is -0.357 e. The maximum Gasteiger partial charge on any atom is 0.229 e.